The molecule has 0 aliphatic carbocycles. The van der Waals surface area contributed by atoms with Gasteiger partial charge in [-0.3, -0.25) is 25.0 Å². The van der Waals surface area contributed by atoms with Gasteiger partial charge < -0.3 is 9.32 Å². The van der Waals surface area contributed by atoms with Crippen LogP contribution in [0.1, 0.15) is 36.8 Å². The Morgan fingerprint density at radius 1 is 1.44 bits per heavy atom. The topological polar surface area (TPSA) is 158 Å². The molecule has 12 nitrogen and oxygen atoms in total. The fourth-order valence-electron chi connectivity index (χ4n) is 2.74. The van der Waals surface area contributed by atoms with E-state index in [1.807, 2.05) is 0 Å². The fraction of sp³-hybridized carbons (Fsp3) is 0.417. The smallest absolute Gasteiger partial charge is 0.418 e. The van der Waals surface area contributed by atoms with Crippen LogP contribution in [0, 0.1) is 0 Å². The van der Waals surface area contributed by atoms with Gasteiger partial charge in [0.15, 0.2) is 6.04 Å². The molecule has 1 saturated heterocycles. The first-order valence-electron chi connectivity index (χ1n) is 7.15. The van der Waals surface area contributed by atoms with Gasteiger partial charge in [0.25, 0.3) is 5.91 Å². The molecule has 1 aromatic rings. The summed E-state index contributed by atoms with van der Waals surface area (Å²) in [7, 11) is -4.94. The van der Waals surface area contributed by atoms with Crippen molar-refractivity contribution in [1.29, 1.82) is 0 Å². The van der Waals surface area contributed by atoms with Crippen LogP contribution in [-0.4, -0.2) is 47.3 Å². The number of hydrogen-bond donors (Lipinski definition) is 3. The summed E-state index contributed by atoms with van der Waals surface area (Å²) in [6.07, 6.45) is 1.41. The number of nitrogens with one attached hydrogen (secondary N) is 2. The minimum absolute atomic E-state index is 0.0688. The molecule has 13 heteroatoms. The van der Waals surface area contributed by atoms with E-state index in [0.29, 0.717) is 10.6 Å². The van der Waals surface area contributed by atoms with Crippen molar-refractivity contribution in [2.45, 2.75) is 25.4 Å². The van der Waals surface area contributed by atoms with Gasteiger partial charge in [0.2, 0.25) is 5.91 Å². The van der Waals surface area contributed by atoms with Crippen molar-refractivity contribution in [1.82, 2.24) is 20.8 Å². The van der Waals surface area contributed by atoms with Gasteiger partial charge in [0.1, 0.15) is 11.8 Å². The Morgan fingerprint density at radius 2 is 2.16 bits per heavy atom. The van der Waals surface area contributed by atoms with Crippen LogP contribution in [0.4, 0.5) is 4.79 Å². The van der Waals surface area contributed by atoms with E-state index >= 15 is 0 Å². The second-order valence-corrected chi connectivity index (χ2v) is 6.32. The van der Waals surface area contributed by atoms with Gasteiger partial charge >= 0.3 is 16.4 Å². The lowest BCUT2D eigenvalue weighted by molar-refractivity contribution is -0.132. The number of carbonyl (C=O) groups is 3. The normalized spacial score (nSPS) is 21.9. The lowest BCUT2D eigenvalue weighted by Crippen LogP contribution is -2.49. The highest BCUT2D eigenvalue weighted by Gasteiger charge is 2.53. The molecule has 0 aromatic carbocycles. The first-order chi connectivity index (χ1) is 11.7. The van der Waals surface area contributed by atoms with Crippen molar-refractivity contribution in [2.24, 2.45) is 0 Å². The monoisotopic (exact) mass is 374 g/mol. The molecule has 2 atom stereocenters. The largest absolute Gasteiger partial charge is 0.466 e. The number of rotatable bonds is 4. The second kappa shape index (κ2) is 6.02. The van der Waals surface area contributed by atoms with Crippen molar-refractivity contribution in [3.63, 3.8) is 0 Å². The lowest BCUT2D eigenvalue weighted by atomic mass is 9.98. The molecule has 4 amide bonds. The van der Waals surface area contributed by atoms with Crippen LogP contribution in [0.3, 0.4) is 0 Å². The molecule has 0 saturated carbocycles. The molecule has 136 valence electrons. The van der Waals surface area contributed by atoms with Crippen LogP contribution in [-0.2, 0) is 24.3 Å². The Balaban J connectivity index is 1.90. The summed E-state index contributed by atoms with van der Waals surface area (Å²) in [6, 6.07) is -1.60. The second-order valence-electron chi connectivity index (χ2n) is 5.31. The molecule has 3 heterocycles. The average Bonchev–Trinajstić information content (AvgIpc) is 3.12. The highest BCUT2D eigenvalue weighted by molar-refractivity contribution is 7.80. The van der Waals surface area contributed by atoms with Gasteiger partial charge in [-0.15, -0.1) is 4.28 Å². The van der Waals surface area contributed by atoms with E-state index in [2.05, 4.69) is 15.1 Å². The molecule has 2 aliphatic heterocycles. The minimum Gasteiger partial charge on any atom is -0.466 e. The summed E-state index contributed by atoms with van der Waals surface area (Å²) < 4.78 is 40.4. The molecular formula is C12H14N4O8S. The van der Waals surface area contributed by atoms with E-state index in [-0.39, 0.29) is 18.7 Å². The molecule has 0 spiro atoms. The van der Waals surface area contributed by atoms with Crippen LogP contribution in [0.5, 0.6) is 0 Å². The summed E-state index contributed by atoms with van der Waals surface area (Å²) in [5.41, 5.74) is 4.71. The number of hydroxylamine groups is 2. The van der Waals surface area contributed by atoms with Crippen LogP contribution in [0.25, 0.3) is 0 Å². The van der Waals surface area contributed by atoms with Gasteiger partial charge in [-0.05, 0) is 6.07 Å². The van der Waals surface area contributed by atoms with E-state index < -0.39 is 40.3 Å². The molecule has 1 fully saturated rings. The van der Waals surface area contributed by atoms with Gasteiger partial charge in [-0.25, -0.2) is 4.79 Å². The van der Waals surface area contributed by atoms with Crippen molar-refractivity contribution in [3.05, 3.63) is 23.7 Å². The standard InChI is InChI=1S/C12H14N4O8S/c1-2-8(17)13-14-11(18)9-10-6(3-4-23-10)7-5-15(9)12(19)16(7)24-25(20,21)22/h3-4,7,9H,2,5H2,1H3,(H,13,17)(H,14,18)(H,20,21,22). The molecule has 25 heavy (non-hydrogen) atoms. The number of urea groups is 1. The minimum atomic E-state index is -4.94. The molecule has 2 aliphatic rings. The zero-order valence-corrected chi connectivity index (χ0v) is 13.6. The van der Waals surface area contributed by atoms with Crippen molar-refractivity contribution >= 4 is 28.2 Å². The summed E-state index contributed by atoms with van der Waals surface area (Å²) in [5, 5.41) is 0.460. The number of fused-ring (bicyclic) bond motifs is 4. The van der Waals surface area contributed by atoms with Crippen LogP contribution < -0.4 is 10.9 Å². The number of hydrogen-bond acceptors (Lipinski definition) is 7. The lowest BCUT2D eigenvalue weighted by Gasteiger charge is -2.28. The predicted molar refractivity (Wildman–Crippen MR) is 77.3 cm³/mol. The first kappa shape index (κ1) is 17.2. The molecule has 2 unspecified atom stereocenters. The predicted octanol–water partition coefficient (Wildman–Crippen LogP) is -0.595. The van der Waals surface area contributed by atoms with Gasteiger partial charge in [-0.2, -0.15) is 13.5 Å². The molecule has 2 bridgehead atoms. The molecule has 3 N–H and O–H groups in total. The first-order valence-corrected chi connectivity index (χ1v) is 8.52. The zero-order valence-electron chi connectivity index (χ0n) is 12.8. The third-order valence-corrected chi connectivity index (χ3v) is 4.15. The molecule has 0 radical (unpaired) electrons. The van der Waals surface area contributed by atoms with E-state index in [0.717, 1.165) is 4.90 Å². The maximum Gasteiger partial charge on any atom is 0.418 e. The van der Waals surface area contributed by atoms with Crippen molar-refractivity contribution in [2.75, 3.05) is 6.54 Å². The molecule has 3 rings (SSSR count). The van der Waals surface area contributed by atoms with E-state index in [9.17, 15) is 22.8 Å². The van der Waals surface area contributed by atoms with Gasteiger partial charge in [0.05, 0.1) is 12.8 Å². The summed E-state index contributed by atoms with van der Waals surface area (Å²) in [4.78, 5) is 37.1. The van der Waals surface area contributed by atoms with Gasteiger partial charge in [0, 0.05) is 12.0 Å². The third kappa shape index (κ3) is 3.04. The summed E-state index contributed by atoms with van der Waals surface area (Å²) in [6.45, 7) is 1.52. The van der Waals surface area contributed by atoms with E-state index in [1.54, 1.807) is 6.92 Å². The number of carbonyl (C=O) groups excluding carboxylic acids is 3. The summed E-state index contributed by atoms with van der Waals surface area (Å²) in [5.74, 6) is -1.08. The highest BCUT2D eigenvalue weighted by atomic mass is 32.3. The van der Waals surface area contributed by atoms with Crippen LogP contribution in [0.2, 0.25) is 0 Å². The van der Waals surface area contributed by atoms with Crippen LogP contribution >= 0.6 is 0 Å². The van der Waals surface area contributed by atoms with E-state index in [4.69, 9.17) is 8.97 Å². The zero-order chi connectivity index (χ0) is 18.4. The molecule has 1 aromatic heterocycles. The Morgan fingerprint density at radius 3 is 2.80 bits per heavy atom. The number of furan rings is 1. The van der Waals surface area contributed by atoms with Gasteiger partial charge in [-0.1, -0.05) is 6.92 Å². The number of nitrogens with zero attached hydrogens (tertiary/aromatic N) is 2. The highest BCUT2D eigenvalue weighted by Crippen LogP contribution is 2.44. The summed E-state index contributed by atoms with van der Waals surface area (Å²) >= 11 is 0. The Hall–Kier alpha value is -2.64. The van der Waals surface area contributed by atoms with E-state index in [1.165, 1.54) is 12.3 Å². The average molecular weight is 374 g/mol. The number of amides is 4. The maximum absolute atomic E-state index is 12.4. The Kier molecular flexibility index (Phi) is 4.14. The molecular weight excluding hydrogens is 360 g/mol. The third-order valence-electron chi connectivity index (χ3n) is 3.80. The van der Waals surface area contributed by atoms with Crippen molar-refractivity contribution < 1.29 is 36.1 Å². The Labute approximate surface area is 141 Å². The number of hydrazine groups is 1. The SMILES string of the molecule is CCC(=O)NNC(=O)C1c2occc2C2CN1C(=O)N2OS(=O)(=O)O. The van der Waals surface area contributed by atoms with Crippen LogP contribution in [0.15, 0.2) is 16.7 Å². The Bertz CT molecular complexity index is 834. The van der Waals surface area contributed by atoms with Crippen molar-refractivity contribution in [3.8, 4) is 0 Å². The quantitative estimate of drug-likeness (QED) is 0.466. The maximum atomic E-state index is 12.4. The fourth-order valence-corrected chi connectivity index (χ4v) is 3.11.